The van der Waals surface area contributed by atoms with Crippen LogP contribution >= 0.6 is 23.1 Å². The van der Waals surface area contributed by atoms with Gasteiger partial charge in [-0.1, -0.05) is 36.0 Å². The molecule has 3 aromatic rings. The maximum atomic E-state index is 12.2. The Kier molecular flexibility index (Phi) is 6.01. The van der Waals surface area contributed by atoms with Gasteiger partial charge in [0.15, 0.2) is 0 Å². The minimum atomic E-state index is 0.0168. The number of hydrogen-bond donors (Lipinski definition) is 1. The number of nitrogens with one attached hydrogen (secondary N) is 1. The number of hydrogen-bond acceptors (Lipinski definition) is 6. The second-order valence-corrected chi connectivity index (χ2v) is 8.54. The van der Waals surface area contributed by atoms with Crippen molar-refractivity contribution in [1.29, 1.82) is 0 Å². The van der Waals surface area contributed by atoms with Gasteiger partial charge in [-0.3, -0.25) is 9.69 Å². The normalized spacial score (nSPS) is 14.7. The predicted molar refractivity (Wildman–Crippen MR) is 111 cm³/mol. The molecule has 3 heterocycles. The molecular weight excluding hydrogens is 376 g/mol. The highest BCUT2D eigenvalue weighted by Gasteiger charge is 2.12. The number of thiophene rings is 1. The number of carbonyl (C=O) groups is 1. The summed E-state index contributed by atoms with van der Waals surface area (Å²) in [6, 6.07) is 10.6. The number of likely N-dealkylation sites (tertiary alicyclic amines) is 1. The molecule has 0 atom stereocenters. The van der Waals surface area contributed by atoms with Gasteiger partial charge in [0, 0.05) is 18.5 Å². The van der Waals surface area contributed by atoms with E-state index in [-0.39, 0.29) is 5.91 Å². The van der Waals surface area contributed by atoms with E-state index in [0.717, 1.165) is 27.4 Å². The summed E-state index contributed by atoms with van der Waals surface area (Å²) in [5.74, 6) is 0.373. The number of benzene rings is 1. The Balaban J connectivity index is 1.24. The van der Waals surface area contributed by atoms with Crippen LogP contribution in [0.4, 0.5) is 0 Å². The molecule has 1 amide bonds. The van der Waals surface area contributed by atoms with Crippen molar-refractivity contribution in [3.8, 4) is 0 Å². The summed E-state index contributed by atoms with van der Waals surface area (Å²) in [5, 5.41) is 6.88. The maximum Gasteiger partial charge on any atom is 0.230 e. The number of nitrogens with zero attached hydrogens (tertiary/aromatic N) is 3. The average molecular weight is 399 g/mol. The highest BCUT2D eigenvalue weighted by atomic mass is 32.2. The Labute approximate surface area is 167 Å². The molecule has 0 aliphatic carbocycles. The molecular formula is C20H22N4OS2. The molecule has 4 rings (SSSR count). The molecule has 1 fully saturated rings. The van der Waals surface area contributed by atoms with Gasteiger partial charge in [0.25, 0.3) is 0 Å². The number of fused-ring (bicyclic) bond motifs is 1. The standard InChI is InChI=1S/C20H22N4OS2/c25-18(13-27-20-17-7-10-26-19(17)22-14-23-20)21-11-15-3-5-16(6-4-15)12-24-8-1-2-9-24/h3-7,10,14H,1-2,8-9,11-13H2,(H,21,25). The van der Waals surface area contributed by atoms with Crippen molar-refractivity contribution in [3.63, 3.8) is 0 Å². The number of carbonyl (C=O) groups excluding carboxylic acids is 1. The molecule has 140 valence electrons. The van der Waals surface area contributed by atoms with Gasteiger partial charge in [-0.25, -0.2) is 9.97 Å². The Morgan fingerprint density at radius 3 is 2.70 bits per heavy atom. The first-order valence-electron chi connectivity index (χ1n) is 9.16. The van der Waals surface area contributed by atoms with Crippen LogP contribution in [0.25, 0.3) is 10.2 Å². The van der Waals surface area contributed by atoms with Crippen LogP contribution in [0.15, 0.2) is 47.1 Å². The maximum absolute atomic E-state index is 12.2. The van der Waals surface area contributed by atoms with Gasteiger partial charge >= 0.3 is 0 Å². The van der Waals surface area contributed by atoms with Crippen LogP contribution in [0.1, 0.15) is 24.0 Å². The first kappa shape index (κ1) is 18.4. The summed E-state index contributed by atoms with van der Waals surface area (Å²) in [4.78, 5) is 24.2. The molecule has 0 radical (unpaired) electrons. The van der Waals surface area contributed by atoms with Gasteiger partial charge in [-0.05, 0) is 48.5 Å². The lowest BCUT2D eigenvalue weighted by atomic mass is 10.1. The fraction of sp³-hybridized carbons (Fsp3) is 0.350. The van der Waals surface area contributed by atoms with E-state index in [1.165, 1.54) is 43.3 Å². The number of thioether (sulfide) groups is 1. The van der Waals surface area contributed by atoms with Gasteiger partial charge < -0.3 is 5.32 Å². The molecule has 1 N–H and O–H groups in total. The van der Waals surface area contributed by atoms with Crippen LogP contribution < -0.4 is 5.32 Å². The molecule has 1 aromatic carbocycles. The lowest BCUT2D eigenvalue weighted by Crippen LogP contribution is -2.24. The first-order chi connectivity index (χ1) is 13.3. The second kappa shape index (κ2) is 8.82. The van der Waals surface area contributed by atoms with Gasteiger partial charge in [-0.2, -0.15) is 0 Å². The molecule has 1 saturated heterocycles. The lowest BCUT2D eigenvalue weighted by Gasteiger charge is -2.14. The van der Waals surface area contributed by atoms with E-state index in [9.17, 15) is 4.79 Å². The van der Waals surface area contributed by atoms with E-state index < -0.39 is 0 Å². The highest BCUT2D eigenvalue weighted by Crippen LogP contribution is 2.27. The zero-order chi connectivity index (χ0) is 18.5. The zero-order valence-corrected chi connectivity index (χ0v) is 16.7. The van der Waals surface area contributed by atoms with Crippen molar-refractivity contribution in [2.45, 2.75) is 31.0 Å². The van der Waals surface area contributed by atoms with E-state index in [4.69, 9.17) is 0 Å². The zero-order valence-electron chi connectivity index (χ0n) is 15.1. The van der Waals surface area contributed by atoms with E-state index in [1.54, 1.807) is 17.7 Å². The Hall–Kier alpha value is -1.96. The summed E-state index contributed by atoms with van der Waals surface area (Å²) < 4.78 is 0. The topological polar surface area (TPSA) is 58.1 Å². The smallest absolute Gasteiger partial charge is 0.230 e. The fourth-order valence-corrected chi connectivity index (χ4v) is 4.84. The number of rotatable bonds is 7. The first-order valence-corrected chi connectivity index (χ1v) is 11.0. The molecule has 0 bridgehead atoms. The van der Waals surface area contributed by atoms with Gasteiger partial charge in [0.2, 0.25) is 5.91 Å². The Bertz CT molecular complexity index is 904. The molecule has 1 aliphatic heterocycles. The van der Waals surface area contributed by atoms with Crippen LogP contribution in [-0.2, 0) is 17.9 Å². The number of aromatic nitrogens is 2. The molecule has 27 heavy (non-hydrogen) atoms. The van der Waals surface area contributed by atoms with Crippen molar-refractivity contribution in [2.75, 3.05) is 18.8 Å². The summed E-state index contributed by atoms with van der Waals surface area (Å²) in [6.45, 7) is 4.00. The second-order valence-electron chi connectivity index (χ2n) is 6.68. The molecule has 0 saturated carbocycles. The van der Waals surface area contributed by atoms with Crippen molar-refractivity contribution in [2.24, 2.45) is 0 Å². The predicted octanol–water partition coefficient (Wildman–Crippen LogP) is 3.70. The van der Waals surface area contributed by atoms with Gasteiger partial charge in [0.1, 0.15) is 16.2 Å². The van der Waals surface area contributed by atoms with E-state index in [2.05, 4.69) is 44.5 Å². The molecule has 7 heteroatoms. The monoisotopic (exact) mass is 398 g/mol. The van der Waals surface area contributed by atoms with Crippen LogP contribution in [0.5, 0.6) is 0 Å². The summed E-state index contributed by atoms with van der Waals surface area (Å²) in [7, 11) is 0. The largest absolute Gasteiger partial charge is 0.351 e. The van der Waals surface area contributed by atoms with Crippen LogP contribution in [0, 0.1) is 0 Å². The average Bonchev–Trinajstić information content (AvgIpc) is 3.37. The third kappa shape index (κ3) is 4.86. The van der Waals surface area contributed by atoms with E-state index >= 15 is 0 Å². The van der Waals surface area contributed by atoms with Crippen LogP contribution in [-0.4, -0.2) is 39.6 Å². The van der Waals surface area contributed by atoms with Crippen molar-refractivity contribution >= 4 is 39.2 Å². The SMILES string of the molecule is O=C(CSc1ncnc2sccc12)NCc1ccc(CN2CCCC2)cc1. The minimum Gasteiger partial charge on any atom is -0.351 e. The third-order valence-electron chi connectivity index (χ3n) is 4.68. The van der Waals surface area contributed by atoms with E-state index in [0.29, 0.717) is 12.3 Å². The van der Waals surface area contributed by atoms with Crippen molar-refractivity contribution < 1.29 is 4.79 Å². The number of amides is 1. The summed E-state index contributed by atoms with van der Waals surface area (Å²) in [5.41, 5.74) is 2.46. The van der Waals surface area contributed by atoms with Gasteiger partial charge in [0.05, 0.1) is 5.75 Å². The van der Waals surface area contributed by atoms with Crippen LogP contribution in [0.3, 0.4) is 0 Å². The molecule has 0 spiro atoms. The Morgan fingerprint density at radius 1 is 1.11 bits per heavy atom. The molecule has 2 aromatic heterocycles. The summed E-state index contributed by atoms with van der Waals surface area (Å²) >= 11 is 3.04. The van der Waals surface area contributed by atoms with E-state index in [1.807, 2.05) is 11.4 Å². The lowest BCUT2D eigenvalue weighted by molar-refractivity contribution is -0.118. The van der Waals surface area contributed by atoms with Gasteiger partial charge in [-0.15, -0.1) is 11.3 Å². The molecule has 1 aliphatic rings. The van der Waals surface area contributed by atoms with Crippen molar-refractivity contribution in [3.05, 3.63) is 53.2 Å². The molecule has 0 unspecified atom stereocenters. The minimum absolute atomic E-state index is 0.0168. The van der Waals surface area contributed by atoms with Crippen molar-refractivity contribution in [1.82, 2.24) is 20.2 Å². The van der Waals surface area contributed by atoms with Crippen LogP contribution in [0.2, 0.25) is 0 Å². The Morgan fingerprint density at radius 2 is 1.89 bits per heavy atom. The fourth-order valence-electron chi connectivity index (χ4n) is 3.23. The molecule has 5 nitrogen and oxygen atoms in total. The quantitative estimate of drug-likeness (QED) is 0.486. The third-order valence-corrected chi connectivity index (χ3v) is 6.51. The highest BCUT2D eigenvalue weighted by molar-refractivity contribution is 8.00. The summed E-state index contributed by atoms with van der Waals surface area (Å²) in [6.07, 6.45) is 4.19.